The summed E-state index contributed by atoms with van der Waals surface area (Å²) in [7, 11) is 0. The predicted molar refractivity (Wildman–Crippen MR) is 114 cm³/mol. The molecule has 0 saturated carbocycles. The van der Waals surface area contributed by atoms with Crippen LogP contribution in [0.25, 0.3) is 0 Å². The Kier molecular flexibility index (Phi) is 4.78. The number of unbranched alkanes of at least 4 members (excludes halogenated alkanes) is 1. The second-order valence-electron chi connectivity index (χ2n) is 8.76. The Morgan fingerprint density at radius 3 is 2.56 bits per heavy atom. The van der Waals surface area contributed by atoms with Gasteiger partial charge in [-0.3, -0.25) is 24.6 Å². The van der Waals surface area contributed by atoms with E-state index in [-0.39, 0.29) is 17.6 Å². The maximum Gasteiger partial charge on any atom is 0.250 e. The number of imide groups is 1. The van der Waals surface area contributed by atoms with E-state index in [0.717, 1.165) is 12.0 Å². The number of carbonyl (C=O) groups is 3. The van der Waals surface area contributed by atoms with Gasteiger partial charge in [0, 0.05) is 23.8 Å². The third kappa shape index (κ3) is 2.86. The molecule has 2 aromatic carbocycles. The lowest BCUT2D eigenvalue weighted by atomic mass is 9.76. The Morgan fingerprint density at radius 2 is 1.84 bits per heavy atom. The molecule has 2 aromatic rings. The number of hydrogen-bond acceptors (Lipinski definition) is 5. The molecule has 0 bridgehead atoms. The zero-order valence-corrected chi connectivity index (χ0v) is 17.6. The number of anilines is 1. The molecule has 2 saturated heterocycles. The number of fused-ring (bicyclic) bond motifs is 4. The minimum atomic E-state index is -1.50. The normalized spacial score (nSPS) is 28.4. The Morgan fingerprint density at radius 1 is 1.09 bits per heavy atom. The van der Waals surface area contributed by atoms with Crippen LogP contribution in [-0.2, 0) is 26.3 Å². The molecule has 2 fully saturated rings. The van der Waals surface area contributed by atoms with E-state index >= 15 is 0 Å². The fraction of sp³-hybridized carbons (Fsp3) is 0.375. The molecule has 3 heterocycles. The molecule has 0 aromatic heterocycles. The number of halogens is 1. The SMILES string of the molecule is CCCCN1C(=O)[C@@H]2C(Cc3ccc(O)cc3)NC3(C(=O)Nc4ccc(F)cc43)[C@@H]2C1=O. The van der Waals surface area contributed by atoms with Gasteiger partial charge in [-0.2, -0.15) is 0 Å². The van der Waals surface area contributed by atoms with Gasteiger partial charge in [0.25, 0.3) is 0 Å². The number of hydrogen-bond donors (Lipinski definition) is 3. The number of benzene rings is 2. The highest BCUT2D eigenvalue weighted by Gasteiger charge is 2.70. The van der Waals surface area contributed by atoms with E-state index in [1.54, 1.807) is 24.3 Å². The van der Waals surface area contributed by atoms with Gasteiger partial charge in [0.15, 0.2) is 0 Å². The summed E-state index contributed by atoms with van der Waals surface area (Å²) in [5.41, 5.74) is 0.155. The van der Waals surface area contributed by atoms with Crippen LogP contribution in [0, 0.1) is 17.7 Å². The highest BCUT2D eigenvalue weighted by molar-refractivity contribution is 6.15. The van der Waals surface area contributed by atoms with Crippen LogP contribution in [0.2, 0.25) is 0 Å². The summed E-state index contributed by atoms with van der Waals surface area (Å²) in [5, 5.41) is 15.7. The number of likely N-dealkylation sites (tertiary alicyclic amines) is 1. The Balaban J connectivity index is 1.61. The van der Waals surface area contributed by atoms with Crippen molar-refractivity contribution in [3.63, 3.8) is 0 Å². The number of nitrogens with one attached hydrogen (secondary N) is 2. The highest BCUT2D eigenvalue weighted by atomic mass is 19.1. The van der Waals surface area contributed by atoms with Crippen LogP contribution >= 0.6 is 0 Å². The molecule has 3 aliphatic heterocycles. The molecule has 32 heavy (non-hydrogen) atoms. The van der Waals surface area contributed by atoms with Gasteiger partial charge in [0.2, 0.25) is 17.7 Å². The molecule has 3 aliphatic rings. The van der Waals surface area contributed by atoms with Crippen LogP contribution in [0.3, 0.4) is 0 Å². The maximum atomic E-state index is 14.2. The van der Waals surface area contributed by atoms with E-state index in [1.165, 1.54) is 23.1 Å². The zero-order valence-electron chi connectivity index (χ0n) is 17.6. The second kappa shape index (κ2) is 7.41. The topological polar surface area (TPSA) is 98.7 Å². The second-order valence-corrected chi connectivity index (χ2v) is 8.76. The lowest BCUT2D eigenvalue weighted by Crippen LogP contribution is -2.53. The summed E-state index contributed by atoms with van der Waals surface area (Å²) in [6, 6.07) is 10.1. The largest absolute Gasteiger partial charge is 0.508 e. The summed E-state index contributed by atoms with van der Waals surface area (Å²) in [6.07, 6.45) is 1.88. The van der Waals surface area contributed by atoms with Crippen LogP contribution in [-0.4, -0.2) is 40.3 Å². The third-order valence-electron chi connectivity index (χ3n) is 6.90. The summed E-state index contributed by atoms with van der Waals surface area (Å²) >= 11 is 0. The van der Waals surface area contributed by atoms with Gasteiger partial charge in [0.1, 0.15) is 17.1 Å². The summed E-state index contributed by atoms with van der Waals surface area (Å²) in [5.74, 6) is -3.20. The Bertz CT molecular complexity index is 1120. The number of carbonyl (C=O) groups excluding carboxylic acids is 3. The lowest BCUT2D eigenvalue weighted by Gasteiger charge is -2.29. The summed E-state index contributed by atoms with van der Waals surface area (Å²) in [6.45, 7) is 2.28. The van der Waals surface area contributed by atoms with E-state index in [0.29, 0.717) is 30.6 Å². The number of phenols is 1. The number of rotatable bonds is 5. The number of amides is 3. The first kappa shape index (κ1) is 20.6. The molecule has 1 spiro atoms. The molecule has 0 aliphatic carbocycles. The molecule has 8 heteroatoms. The molecular weight excluding hydrogens is 413 g/mol. The fourth-order valence-electron chi connectivity index (χ4n) is 5.43. The zero-order chi connectivity index (χ0) is 22.6. The van der Waals surface area contributed by atoms with Crippen molar-refractivity contribution in [2.24, 2.45) is 11.8 Å². The standard InChI is InChI=1S/C24H24FN3O4/c1-2-3-10-28-21(30)19-18(11-13-4-7-15(29)8-5-13)27-24(20(19)22(28)31)16-12-14(25)6-9-17(16)26-23(24)32/h4-9,12,18-20,27,29H,2-3,10-11H2,1H3,(H,26,32)/t18?,19-,20+,24?/m1/s1. The lowest BCUT2D eigenvalue weighted by molar-refractivity contribution is -0.142. The fourth-order valence-corrected chi connectivity index (χ4v) is 5.43. The first-order valence-electron chi connectivity index (χ1n) is 10.9. The van der Waals surface area contributed by atoms with Gasteiger partial charge < -0.3 is 10.4 Å². The van der Waals surface area contributed by atoms with Crippen molar-refractivity contribution < 1.29 is 23.9 Å². The van der Waals surface area contributed by atoms with E-state index in [2.05, 4.69) is 10.6 Å². The van der Waals surface area contributed by atoms with Gasteiger partial charge >= 0.3 is 0 Å². The van der Waals surface area contributed by atoms with Crippen molar-refractivity contribution in [1.82, 2.24) is 10.2 Å². The molecular formula is C24H24FN3O4. The van der Waals surface area contributed by atoms with E-state index in [4.69, 9.17) is 0 Å². The van der Waals surface area contributed by atoms with E-state index in [1.807, 2.05) is 6.92 Å². The van der Waals surface area contributed by atoms with Crippen LogP contribution in [0.4, 0.5) is 10.1 Å². The van der Waals surface area contributed by atoms with Crippen molar-refractivity contribution in [3.05, 3.63) is 59.4 Å². The Labute approximate surface area is 184 Å². The molecule has 4 atom stereocenters. The number of nitrogens with zero attached hydrogens (tertiary/aromatic N) is 1. The highest BCUT2D eigenvalue weighted by Crippen LogP contribution is 2.53. The molecule has 2 unspecified atom stereocenters. The number of phenolic OH excluding ortho intramolecular Hbond substituents is 1. The van der Waals surface area contributed by atoms with Gasteiger partial charge in [-0.05, 0) is 48.7 Å². The third-order valence-corrected chi connectivity index (χ3v) is 6.90. The van der Waals surface area contributed by atoms with E-state index < -0.39 is 35.1 Å². The summed E-state index contributed by atoms with van der Waals surface area (Å²) in [4.78, 5) is 41.5. The quantitative estimate of drug-likeness (QED) is 0.624. The number of aromatic hydroxyl groups is 1. The van der Waals surface area contributed by atoms with Crippen LogP contribution in [0.15, 0.2) is 42.5 Å². The van der Waals surface area contributed by atoms with Crippen molar-refractivity contribution in [1.29, 1.82) is 0 Å². The Hall–Kier alpha value is -3.26. The van der Waals surface area contributed by atoms with Crippen molar-refractivity contribution in [2.45, 2.75) is 37.8 Å². The minimum Gasteiger partial charge on any atom is -0.508 e. The minimum absolute atomic E-state index is 0.125. The molecule has 0 radical (unpaired) electrons. The molecule has 166 valence electrons. The predicted octanol–water partition coefficient (Wildman–Crippen LogP) is 2.29. The monoisotopic (exact) mass is 437 g/mol. The van der Waals surface area contributed by atoms with Gasteiger partial charge in [-0.1, -0.05) is 25.5 Å². The van der Waals surface area contributed by atoms with Crippen LogP contribution < -0.4 is 10.6 Å². The van der Waals surface area contributed by atoms with Gasteiger partial charge in [-0.25, -0.2) is 4.39 Å². The van der Waals surface area contributed by atoms with Crippen molar-refractivity contribution >= 4 is 23.4 Å². The smallest absolute Gasteiger partial charge is 0.250 e. The average molecular weight is 437 g/mol. The average Bonchev–Trinajstić information content (AvgIpc) is 3.34. The molecule has 3 N–H and O–H groups in total. The molecule has 3 amide bonds. The van der Waals surface area contributed by atoms with Crippen LogP contribution in [0.1, 0.15) is 30.9 Å². The van der Waals surface area contributed by atoms with Crippen LogP contribution in [0.5, 0.6) is 5.75 Å². The first-order valence-corrected chi connectivity index (χ1v) is 10.9. The summed E-state index contributed by atoms with van der Waals surface area (Å²) < 4.78 is 14.2. The molecule has 7 nitrogen and oxygen atoms in total. The van der Waals surface area contributed by atoms with Crippen molar-refractivity contribution in [2.75, 3.05) is 11.9 Å². The van der Waals surface area contributed by atoms with E-state index in [9.17, 15) is 23.9 Å². The molecule has 5 rings (SSSR count). The van der Waals surface area contributed by atoms with Gasteiger partial charge in [-0.15, -0.1) is 0 Å². The maximum absolute atomic E-state index is 14.2. The van der Waals surface area contributed by atoms with Crippen molar-refractivity contribution in [3.8, 4) is 5.75 Å². The van der Waals surface area contributed by atoms with Gasteiger partial charge in [0.05, 0.1) is 11.8 Å². The first-order chi connectivity index (χ1) is 15.4.